The van der Waals surface area contributed by atoms with Gasteiger partial charge in [0.1, 0.15) is 5.75 Å². The Morgan fingerprint density at radius 1 is 1.06 bits per heavy atom. The fraction of sp³-hybridized carbons (Fsp3) is 0.0833. The Balaban J connectivity index is 1.63. The predicted octanol–water partition coefficient (Wildman–Crippen LogP) is 5.36. The standard InChI is InChI=1S/C24H18Br2N4O4S/c1-34-17-9-7-16(8-10-17)30-22(32)18-11-14(25)12-19(26)21(18)29-24(30)35-13-20(31)28-23(33)27-15-5-3-2-4-6-15/h2-12H,13H2,1H3,(H2,27,28,31,33). The lowest BCUT2D eigenvalue weighted by atomic mass is 10.2. The highest BCUT2D eigenvalue weighted by Gasteiger charge is 2.18. The maximum Gasteiger partial charge on any atom is 0.325 e. The van der Waals surface area contributed by atoms with Crippen LogP contribution in [-0.4, -0.2) is 34.4 Å². The Hall–Kier alpha value is -3.15. The molecule has 4 rings (SSSR count). The molecule has 4 aromatic rings. The average molecular weight is 618 g/mol. The largest absolute Gasteiger partial charge is 0.497 e. The van der Waals surface area contributed by atoms with E-state index in [1.54, 1.807) is 67.8 Å². The molecule has 0 fully saturated rings. The van der Waals surface area contributed by atoms with Crippen LogP contribution in [0.25, 0.3) is 16.6 Å². The number of rotatable bonds is 6. The number of ether oxygens (including phenoxy) is 1. The molecule has 8 nitrogen and oxygen atoms in total. The van der Waals surface area contributed by atoms with Gasteiger partial charge in [-0.2, -0.15) is 0 Å². The van der Waals surface area contributed by atoms with E-state index in [0.717, 1.165) is 16.2 Å². The van der Waals surface area contributed by atoms with Gasteiger partial charge in [0.05, 0.1) is 29.5 Å². The number of halogens is 2. The highest BCUT2D eigenvalue weighted by molar-refractivity contribution is 9.11. The van der Waals surface area contributed by atoms with Gasteiger partial charge in [0.15, 0.2) is 5.16 Å². The third kappa shape index (κ3) is 5.92. The molecule has 0 spiro atoms. The van der Waals surface area contributed by atoms with Crippen molar-refractivity contribution in [3.8, 4) is 11.4 Å². The lowest BCUT2D eigenvalue weighted by Gasteiger charge is -2.14. The van der Waals surface area contributed by atoms with Crippen LogP contribution in [0.5, 0.6) is 5.75 Å². The average Bonchev–Trinajstić information content (AvgIpc) is 2.84. The van der Waals surface area contributed by atoms with E-state index in [1.165, 1.54) is 4.57 Å². The molecule has 0 bridgehead atoms. The summed E-state index contributed by atoms with van der Waals surface area (Å²) >= 11 is 7.92. The summed E-state index contributed by atoms with van der Waals surface area (Å²) in [6.45, 7) is 0. The van der Waals surface area contributed by atoms with Crippen molar-refractivity contribution >= 4 is 72.2 Å². The van der Waals surface area contributed by atoms with Gasteiger partial charge in [-0.25, -0.2) is 9.78 Å². The fourth-order valence-electron chi connectivity index (χ4n) is 3.23. The molecule has 178 valence electrons. The minimum absolute atomic E-state index is 0.134. The molecule has 1 heterocycles. The van der Waals surface area contributed by atoms with Crippen LogP contribution in [0, 0.1) is 0 Å². The maximum atomic E-state index is 13.5. The third-order valence-electron chi connectivity index (χ3n) is 4.81. The van der Waals surface area contributed by atoms with Crippen LogP contribution in [0.3, 0.4) is 0 Å². The fourth-order valence-corrected chi connectivity index (χ4v) is 5.35. The number of anilines is 1. The number of para-hydroxylation sites is 1. The summed E-state index contributed by atoms with van der Waals surface area (Å²) in [6.07, 6.45) is 0. The third-order valence-corrected chi connectivity index (χ3v) is 6.81. The van der Waals surface area contributed by atoms with Crippen LogP contribution in [0.2, 0.25) is 0 Å². The molecule has 0 saturated carbocycles. The molecule has 3 amide bonds. The van der Waals surface area contributed by atoms with Gasteiger partial charge in [0, 0.05) is 14.6 Å². The van der Waals surface area contributed by atoms with Crippen LogP contribution < -0.4 is 20.9 Å². The van der Waals surface area contributed by atoms with Gasteiger partial charge in [-0.05, 0) is 64.5 Å². The highest BCUT2D eigenvalue weighted by Crippen LogP contribution is 2.29. The molecule has 2 N–H and O–H groups in total. The molecule has 11 heteroatoms. The molecule has 0 aliphatic rings. The van der Waals surface area contributed by atoms with Crippen LogP contribution in [0.1, 0.15) is 0 Å². The first-order valence-corrected chi connectivity index (χ1v) is 12.8. The summed E-state index contributed by atoms with van der Waals surface area (Å²) < 4.78 is 8.00. The number of amides is 3. The van der Waals surface area contributed by atoms with Crippen molar-refractivity contribution in [3.63, 3.8) is 0 Å². The van der Waals surface area contributed by atoms with E-state index in [0.29, 0.717) is 37.7 Å². The van der Waals surface area contributed by atoms with Gasteiger partial charge < -0.3 is 10.1 Å². The number of benzene rings is 3. The Kier molecular flexibility index (Phi) is 7.89. The van der Waals surface area contributed by atoms with Gasteiger partial charge in [-0.15, -0.1) is 0 Å². The number of aromatic nitrogens is 2. The second-order valence-electron chi connectivity index (χ2n) is 7.17. The van der Waals surface area contributed by atoms with Gasteiger partial charge in [0.25, 0.3) is 5.56 Å². The first-order valence-electron chi connectivity index (χ1n) is 10.2. The molecule has 0 saturated heterocycles. The molecule has 35 heavy (non-hydrogen) atoms. The van der Waals surface area contributed by atoms with Gasteiger partial charge in [-0.1, -0.05) is 45.9 Å². The highest BCUT2D eigenvalue weighted by atomic mass is 79.9. The number of methoxy groups -OCH3 is 1. The number of urea groups is 1. The minimum Gasteiger partial charge on any atom is -0.497 e. The van der Waals surface area contributed by atoms with Gasteiger partial charge >= 0.3 is 6.03 Å². The second-order valence-corrected chi connectivity index (χ2v) is 9.89. The smallest absolute Gasteiger partial charge is 0.325 e. The quantitative estimate of drug-likeness (QED) is 0.223. The Morgan fingerprint density at radius 2 is 1.77 bits per heavy atom. The topological polar surface area (TPSA) is 102 Å². The molecular weight excluding hydrogens is 600 g/mol. The zero-order valence-corrected chi connectivity index (χ0v) is 22.2. The Bertz CT molecular complexity index is 1460. The number of carbonyl (C=O) groups excluding carboxylic acids is 2. The van der Waals surface area contributed by atoms with Crippen molar-refractivity contribution in [2.45, 2.75) is 5.16 Å². The van der Waals surface area contributed by atoms with E-state index in [2.05, 4.69) is 47.5 Å². The Labute approximate surface area is 221 Å². The number of imide groups is 1. The molecule has 1 aromatic heterocycles. The van der Waals surface area contributed by atoms with Crippen molar-refractivity contribution in [2.75, 3.05) is 18.2 Å². The number of fused-ring (bicyclic) bond motifs is 1. The molecule has 3 aromatic carbocycles. The number of carbonyl (C=O) groups is 2. The van der Waals surface area contributed by atoms with E-state index in [4.69, 9.17) is 4.74 Å². The zero-order chi connectivity index (χ0) is 24.9. The summed E-state index contributed by atoms with van der Waals surface area (Å²) in [5.74, 6) is -0.0299. The molecular formula is C24H18Br2N4O4S. The normalized spacial score (nSPS) is 10.7. The van der Waals surface area contributed by atoms with Gasteiger partial charge in [0.2, 0.25) is 5.91 Å². The zero-order valence-electron chi connectivity index (χ0n) is 18.2. The SMILES string of the molecule is COc1ccc(-n2c(SCC(=O)NC(=O)Nc3ccccc3)nc3c(Br)cc(Br)cc3c2=O)cc1. The molecule has 0 aliphatic carbocycles. The number of hydrogen-bond acceptors (Lipinski definition) is 6. The summed E-state index contributed by atoms with van der Waals surface area (Å²) in [6, 6.07) is 18.6. The molecule has 0 atom stereocenters. The van der Waals surface area contributed by atoms with E-state index >= 15 is 0 Å². The first-order chi connectivity index (χ1) is 16.9. The number of nitrogens with one attached hydrogen (secondary N) is 2. The first kappa shape index (κ1) is 25.0. The van der Waals surface area contributed by atoms with Crippen LogP contribution in [0.4, 0.5) is 10.5 Å². The second kappa shape index (κ2) is 11.1. The van der Waals surface area contributed by atoms with Crippen molar-refractivity contribution < 1.29 is 14.3 Å². The number of thioether (sulfide) groups is 1. The lowest BCUT2D eigenvalue weighted by molar-refractivity contribution is -0.117. The summed E-state index contributed by atoms with van der Waals surface area (Å²) in [5.41, 5.74) is 1.29. The number of hydrogen-bond donors (Lipinski definition) is 2. The van der Waals surface area contributed by atoms with E-state index in [9.17, 15) is 14.4 Å². The van der Waals surface area contributed by atoms with Gasteiger partial charge in [-0.3, -0.25) is 19.5 Å². The predicted molar refractivity (Wildman–Crippen MR) is 144 cm³/mol. The minimum atomic E-state index is -0.645. The molecule has 0 aliphatic heterocycles. The summed E-state index contributed by atoms with van der Waals surface area (Å²) in [4.78, 5) is 42.8. The summed E-state index contributed by atoms with van der Waals surface area (Å²) in [7, 11) is 1.56. The van der Waals surface area contributed by atoms with Crippen molar-refractivity contribution in [1.82, 2.24) is 14.9 Å². The molecule has 0 unspecified atom stereocenters. The van der Waals surface area contributed by atoms with Crippen molar-refractivity contribution in [1.29, 1.82) is 0 Å². The van der Waals surface area contributed by atoms with Crippen LogP contribution in [0.15, 0.2) is 85.6 Å². The Morgan fingerprint density at radius 3 is 2.46 bits per heavy atom. The molecule has 0 radical (unpaired) electrons. The monoisotopic (exact) mass is 616 g/mol. The van der Waals surface area contributed by atoms with E-state index < -0.39 is 11.9 Å². The maximum absolute atomic E-state index is 13.5. The van der Waals surface area contributed by atoms with Crippen molar-refractivity contribution in [3.05, 3.63) is 86.0 Å². The van der Waals surface area contributed by atoms with Crippen LogP contribution >= 0.6 is 43.6 Å². The van der Waals surface area contributed by atoms with E-state index in [1.807, 2.05) is 6.07 Å². The summed E-state index contributed by atoms with van der Waals surface area (Å²) in [5, 5.41) is 5.58. The van der Waals surface area contributed by atoms with Crippen molar-refractivity contribution in [2.24, 2.45) is 0 Å². The van der Waals surface area contributed by atoms with E-state index in [-0.39, 0.29) is 11.3 Å². The lowest BCUT2D eigenvalue weighted by Crippen LogP contribution is -2.35. The number of nitrogens with zero attached hydrogens (tertiary/aromatic N) is 2. The van der Waals surface area contributed by atoms with Crippen LogP contribution in [-0.2, 0) is 4.79 Å².